The Bertz CT molecular complexity index is 574. The molecule has 0 atom stereocenters. The van der Waals surface area contributed by atoms with Crippen molar-refractivity contribution < 1.29 is 0 Å². The van der Waals surface area contributed by atoms with Gasteiger partial charge in [0.25, 0.3) is 0 Å². The molecule has 0 unspecified atom stereocenters. The van der Waals surface area contributed by atoms with E-state index in [1.54, 1.807) is 6.08 Å². The first-order valence-electron chi connectivity index (χ1n) is 5.61. The Labute approximate surface area is 136 Å². The minimum Gasteiger partial charge on any atom is -0.212 e. The number of halogens is 4. The van der Waals surface area contributed by atoms with Crippen molar-refractivity contribution in [2.75, 3.05) is 0 Å². The smallest absolute Gasteiger partial charge is 0.167 e. The molecule has 0 spiro atoms. The number of hydrogen-bond donors (Lipinski definition) is 0. The fourth-order valence-electron chi connectivity index (χ4n) is 1.43. The van der Waals surface area contributed by atoms with Gasteiger partial charge in [-0.25, -0.2) is 15.0 Å². The monoisotopic (exact) mass is 347 g/mol. The molecule has 0 aliphatic carbocycles. The van der Waals surface area contributed by atoms with Crippen molar-refractivity contribution in [1.82, 2.24) is 15.0 Å². The van der Waals surface area contributed by atoms with Crippen LogP contribution in [0.3, 0.4) is 0 Å². The lowest BCUT2D eigenvalue weighted by Gasteiger charge is -2.05. The molecule has 1 aromatic heterocycles. The van der Waals surface area contributed by atoms with Crippen molar-refractivity contribution in [3.63, 3.8) is 0 Å². The van der Waals surface area contributed by atoms with Crippen LogP contribution in [0.25, 0.3) is 12.2 Å². The van der Waals surface area contributed by atoms with E-state index in [1.165, 1.54) is 0 Å². The van der Waals surface area contributed by atoms with Crippen molar-refractivity contribution in [3.05, 3.63) is 53.4 Å². The quantitative estimate of drug-likeness (QED) is 0.730. The highest BCUT2D eigenvalue weighted by Gasteiger charge is 2.15. The minimum absolute atomic E-state index is 0.220. The number of alkyl halides is 4. The van der Waals surface area contributed by atoms with E-state index in [4.69, 9.17) is 46.4 Å². The second kappa shape index (κ2) is 7.23. The Balaban J connectivity index is 2.33. The lowest BCUT2D eigenvalue weighted by Crippen LogP contribution is -2.05. The third kappa shape index (κ3) is 4.32. The van der Waals surface area contributed by atoms with Gasteiger partial charge in [-0.1, -0.05) is 82.8 Å². The van der Waals surface area contributed by atoms with E-state index in [0.29, 0.717) is 5.82 Å². The summed E-state index contributed by atoms with van der Waals surface area (Å²) >= 11 is 23.1. The number of benzene rings is 1. The predicted octanol–water partition coefficient (Wildman–Crippen LogP) is 4.99. The van der Waals surface area contributed by atoms with Crippen LogP contribution in [0, 0.1) is 0 Å². The van der Waals surface area contributed by atoms with Gasteiger partial charge in [-0.2, -0.15) is 0 Å². The summed E-state index contributed by atoms with van der Waals surface area (Å²) in [7, 11) is 0. The number of nitrogens with zero attached hydrogens (tertiary/aromatic N) is 3. The lowest BCUT2D eigenvalue weighted by atomic mass is 10.2. The highest BCUT2D eigenvalue weighted by Crippen LogP contribution is 2.26. The Morgan fingerprint density at radius 1 is 0.750 bits per heavy atom. The zero-order valence-corrected chi connectivity index (χ0v) is 13.1. The van der Waals surface area contributed by atoms with Crippen molar-refractivity contribution in [2.24, 2.45) is 0 Å². The van der Waals surface area contributed by atoms with E-state index in [0.717, 1.165) is 5.56 Å². The second-order valence-electron chi connectivity index (χ2n) is 3.76. The van der Waals surface area contributed by atoms with Crippen molar-refractivity contribution in [2.45, 2.75) is 9.67 Å². The highest BCUT2D eigenvalue weighted by atomic mass is 35.5. The molecule has 104 valence electrons. The SMILES string of the molecule is ClC(Cl)c1nc(/C=C/c2ccccc2)nc(C(Cl)Cl)n1. The van der Waals surface area contributed by atoms with Crippen LogP contribution >= 0.6 is 46.4 Å². The molecule has 0 bridgehead atoms. The maximum Gasteiger partial charge on any atom is 0.167 e. The average Bonchev–Trinajstić information content (AvgIpc) is 2.45. The molecule has 0 saturated heterocycles. The van der Waals surface area contributed by atoms with Gasteiger partial charge in [-0.3, -0.25) is 0 Å². The van der Waals surface area contributed by atoms with E-state index < -0.39 is 9.67 Å². The molecule has 0 amide bonds. The Morgan fingerprint density at radius 3 is 1.80 bits per heavy atom. The van der Waals surface area contributed by atoms with Gasteiger partial charge >= 0.3 is 0 Å². The average molecular weight is 349 g/mol. The van der Waals surface area contributed by atoms with E-state index in [-0.39, 0.29) is 11.6 Å². The molecule has 0 aliphatic heterocycles. The van der Waals surface area contributed by atoms with Gasteiger partial charge in [0.05, 0.1) is 0 Å². The van der Waals surface area contributed by atoms with Gasteiger partial charge in [0.15, 0.2) is 27.1 Å². The van der Waals surface area contributed by atoms with Crippen LogP contribution in [-0.4, -0.2) is 15.0 Å². The summed E-state index contributed by atoms with van der Waals surface area (Å²) in [5, 5.41) is 0. The van der Waals surface area contributed by atoms with Gasteiger partial charge in [0.1, 0.15) is 0 Å². The molecule has 2 aromatic rings. The summed E-state index contributed by atoms with van der Waals surface area (Å²) in [6.45, 7) is 0. The summed E-state index contributed by atoms with van der Waals surface area (Å²) in [4.78, 5) is 10.5. The molecule has 0 saturated carbocycles. The fourth-order valence-corrected chi connectivity index (χ4v) is 1.82. The number of aromatic nitrogens is 3. The summed E-state index contributed by atoms with van der Waals surface area (Å²) in [6.07, 6.45) is 3.58. The Morgan fingerprint density at radius 2 is 1.30 bits per heavy atom. The van der Waals surface area contributed by atoms with Crippen LogP contribution in [0.1, 0.15) is 32.7 Å². The fraction of sp³-hybridized carbons (Fsp3) is 0.154. The van der Waals surface area contributed by atoms with E-state index in [2.05, 4.69) is 15.0 Å². The summed E-state index contributed by atoms with van der Waals surface area (Å²) in [5.41, 5.74) is 1.01. The third-order valence-corrected chi connectivity index (χ3v) is 3.08. The molecule has 0 radical (unpaired) electrons. The molecule has 20 heavy (non-hydrogen) atoms. The van der Waals surface area contributed by atoms with Gasteiger partial charge in [-0.05, 0) is 11.6 Å². The van der Waals surface area contributed by atoms with Crippen LogP contribution in [0.2, 0.25) is 0 Å². The molecule has 1 heterocycles. The summed E-state index contributed by atoms with van der Waals surface area (Å²) < 4.78 is 0. The predicted molar refractivity (Wildman–Crippen MR) is 84.1 cm³/mol. The van der Waals surface area contributed by atoms with Crippen molar-refractivity contribution in [3.8, 4) is 0 Å². The van der Waals surface area contributed by atoms with Crippen LogP contribution in [-0.2, 0) is 0 Å². The van der Waals surface area contributed by atoms with Crippen molar-refractivity contribution >= 4 is 58.6 Å². The largest absolute Gasteiger partial charge is 0.212 e. The van der Waals surface area contributed by atoms with Gasteiger partial charge in [0.2, 0.25) is 0 Å². The third-order valence-electron chi connectivity index (χ3n) is 2.30. The van der Waals surface area contributed by atoms with Gasteiger partial charge in [0, 0.05) is 0 Å². The molecule has 1 aromatic carbocycles. The topological polar surface area (TPSA) is 38.7 Å². The number of rotatable bonds is 4. The molecule has 0 aliphatic rings. The Hall–Kier alpha value is -0.870. The van der Waals surface area contributed by atoms with Crippen LogP contribution in [0.5, 0.6) is 0 Å². The maximum atomic E-state index is 5.77. The first-order valence-corrected chi connectivity index (χ1v) is 7.36. The minimum atomic E-state index is -0.868. The van der Waals surface area contributed by atoms with Crippen LogP contribution < -0.4 is 0 Å². The molecule has 7 heteroatoms. The zero-order chi connectivity index (χ0) is 14.5. The molecular formula is C13H9Cl4N3. The summed E-state index contributed by atoms with van der Waals surface area (Å²) in [5.74, 6) is 0.834. The van der Waals surface area contributed by atoms with E-state index in [1.807, 2.05) is 36.4 Å². The van der Waals surface area contributed by atoms with Gasteiger partial charge < -0.3 is 0 Å². The van der Waals surface area contributed by atoms with Crippen molar-refractivity contribution in [1.29, 1.82) is 0 Å². The molecule has 3 nitrogen and oxygen atoms in total. The number of hydrogen-bond acceptors (Lipinski definition) is 3. The first kappa shape index (κ1) is 15.5. The normalized spacial score (nSPS) is 11.7. The van der Waals surface area contributed by atoms with Gasteiger partial charge in [-0.15, -0.1) is 0 Å². The second-order valence-corrected chi connectivity index (χ2v) is 5.95. The zero-order valence-electron chi connectivity index (χ0n) is 10.0. The molecule has 2 rings (SSSR count). The standard InChI is InChI=1S/C13H9Cl4N3/c14-10(15)12-18-9(19-13(20-12)11(16)17)7-6-8-4-2-1-3-5-8/h1-7,10-11H/b7-6+. The highest BCUT2D eigenvalue weighted by molar-refractivity contribution is 6.44. The maximum absolute atomic E-state index is 5.77. The Kier molecular flexibility index (Phi) is 5.61. The summed E-state index contributed by atoms with van der Waals surface area (Å²) in [6, 6.07) is 9.72. The molecule has 0 fully saturated rings. The van der Waals surface area contributed by atoms with Crippen LogP contribution in [0.15, 0.2) is 30.3 Å². The van der Waals surface area contributed by atoms with E-state index in [9.17, 15) is 0 Å². The lowest BCUT2D eigenvalue weighted by molar-refractivity contribution is 0.871. The van der Waals surface area contributed by atoms with E-state index >= 15 is 0 Å². The molecular weight excluding hydrogens is 340 g/mol. The molecule has 0 N–H and O–H groups in total. The first-order chi connectivity index (χ1) is 9.56. The van der Waals surface area contributed by atoms with Crippen LogP contribution in [0.4, 0.5) is 0 Å².